The van der Waals surface area contributed by atoms with Gasteiger partial charge in [0, 0.05) is 0 Å². The van der Waals surface area contributed by atoms with Gasteiger partial charge in [-0.25, -0.2) is 4.79 Å². The first-order chi connectivity index (χ1) is 13.5. The summed E-state index contributed by atoms with van der Waals surface area (Å²) in [5.74, 6) is -1.84. The number of carbonyl (C=O) groups excluding carboxylic acids is 3. The van der Waals surface area contributed by atoms with Gasteiger partial charge in [0.1, 0.15) is 5.56 Å². The normalized spacial score (nSPS) is 10.5. The highest BCUT2D eigenvalue weighted by atomic mass is 32.1. The van der Waals surface area contributed by atoms with E-state index in [4.69, 9.17) is 4.74 Å². The van der Waals surface area contributed by atoms with Gasteiger partial charge in [-0.2, -0.15) is 5.10 Å². The van der Waals surface area contributed by atoms with E-state index in [1.165, 1.54) is 11.3 Å². The molecule has 0 unspecified atom stereocenters. The molecule has 0 aliphatic carbocycles. The number of rotatable bonds is 6. The molecule has 0 spiro atoms. The Hall–Kier alpha value is -3.26. The molecular formula is C20H19N3O4S. The van der Waals surface area contributed by atoms with Crippen molar-refractivity contribution in [2.75, 3.05) is 6.61 Å². The highest BCUT2D eigenvalue weighted by Gasteiger charge is 2.21. The minimum atomic E-state index is -0.682. The van der Waals surface area contributed by atoms with E-state index < -0.39 is 24.4 Å². The lowest BCUT2D eigenvalue weighted by Crippen LogP contribution is -2.33. The molecule has 0 bridgehead atoms. The minimum Gasteiger partial charge on any atom is -0.452 e. The zero-order valence-electron chi connectivity index (χ0n) is 15.5. The number of hydrogen-bond acceptors (Lipinski definition) is 6. The first kappa shape index (κ1) is 19.5. The van der Waals surface area contributed by atoms with Crippen molar-refractivity contribution in [3.05, 3.63) is 75.2 Å². The molecule has 8 heteroatoms. The third kappa shape index (κ3) is 4.52. The molecule has 0 radical (unpaired) electrons. The van der Waals surface area contributed by atoms with Crippen LogP contribution in [-0.4, -0.2) is 34.2 Å². The van der Waals surface area contributed by atoms with Crippen LogP contribution in [0.4, 0.5) is 0 Å². The number of amides is 2. The van der Waals surface area contributed by atoms with Crippen LogP contribution in [0.15, 0.2) is 47.8 Å². The third-order valence-electron chi connectivity index (χ3n) is 4.09. The monoisotopic (exact) mass is 397 g/mol. The molecule has 1 aromatic carbocycles. The summed E-state index contributed by atoms with van der Waals surface area (Å²) < 4.78 is 6.80. The molecule has 7 nitrogen and oxygen atoms in total. The zero-order chi connectivity index (χ0) is 20.1. The van der Waals surface area contributed by atoms with Crippen LogP contribution in [0, 0.1) is 13.8 Å². The van der Waals surface area contributed by atoms with Crippen LogP contribution in [0.5, 0.6) is 0 Å². The largest absolute Gasteiger partial charge is 0.452 e. The van der Waals surface area contributed by atoms with E-state index in [1.807, 2.05) is 30.3 Å². The molecule has 0 aliphatic heterocycles. The summed E-state index contributed by atoms with van der Waals surface area (Å²) in [6.07, 6.45) is 0. The van der Waals surface area contributed by atoms with Crippen molar-refractivity contribution in [3.63, 3.8) is 0 Å². The lowest BCUT2D eigenvalue weighted by atomic mass is 10.2. The quantitative estimate of drug-likeness (QED) is 0.646. The number of nitrogens with zero attached hydrogens (tertiary/aromatic N) is 2. The van der Waals surface area contributed by atoms with Crippen molar-refractivity contribution < 1.29 is 19.1 Å². The summed E-state index contributed by atoms with van der Waals surface area (Å²) in [6.45, 7) is 3.47. The number of ether oxygens (including phenoxy) is 1. The fourth-order valence-electron chi connectivity index (χ4n) is 2.74. The number of thiophene rings is 1. The fraction of sp³-hybridized carbons (Fsp3) is 0.200. The summed E-state index contributed by atoms with van der Waals surface area (Å²) in [6, 6.07) is 13.1. The van der Waals surface area contributed by atoms with Crippen molar-refractivity contribution in [2.45, 2.75) is 20.4 Å². The Morgan fingerprint density at radius 2 is 1.86 bits per heavy atom. The maximum atomic E-state index is 12.4. The molecule has 1 N–H and O–H groups in total. The Balaban J connectivity index is 1.61. The third-order valence-corrected chi connectivity index (χ3v) is 4.96. The summed E-state index contributed by atoms with van der Waals surface area (Å²) in [7, 11) is 0. The van der Waals surface area contributed by atoms with Gasteiger partial charge in [-0.05, 0) is 30.9 Å². The summed E-state index contributed by atoms with van der Waals surface area (Å²) in [4.78, 5) is 36.6. The van der Waals surface area contributed by atoms with Gasteiger partial charge in [0.15, 0.2) is 6.61 Å². The van der Waals surface area contributed by atoms with E-state index in [-0.39, 0.29) is 0 Å². The number of nitrogens with one attached hydrogen (secondary N) is 1. The smallest absolute Gasteiger partial charge is 0.342 e. The van der Waals surface area contributed by atoms with Gasteiger partial charge in [0.05, 0.1) is 22.8 Å². The Morgan fingerprint density at radius 3 is 2.54 bits per heavy atom. The molecule has 28 heavy (non-hydrogen) atoms. The lowest BCUT2D eigenvalue weighted by molar-refractivity contribution is -0.123. The van der Waals surface area contributed by atoms with Crippen LogP contribution in [0.1, 0.15) is 37.0 Å². The number of imide groups is 1. The Kier molecular flexibility index (Phi) is 6.00. The van der Waals surface area contributed by atoms with Gasteiger partial charge < -0.3 is 4.74 Å². The molecule has 3 aromatic rings. The molecule has 0 fully saturated rings. The fourth-order valence-corrected chi connectivity index (χ4v) is 3.36. The average Bonchev–Trinajstić information content (AvgIpc) is 3.30. The number of aryl methyl sites for hydroxylation is 1. The molecular weight excluding hydrogens is 378 g/mol. The SMILES string of the molecule is Cc1nn(Cc2ccccc2)c(C)c1C(=O)OCC(=O)NC(=O)c1cccs1. The molecule has 2 amide bonds. The Morgan fingerprint density at radius 1 is 1.11 bits per heavy atom. The maximum Gasteiger partial charge on any atom is 0.342 e. The van der Waals surface area contributed by atoms with Gasteiger partial charge in [-0.3, -0.25) is 19.6 Å². The van der Waals surface area contributed by atoms with Crippen LogP contribution in [0.3, 0.4) is 0 Å². The first-order valence-electron chi connectivity index (χ1n) is 8.58. The lowest BCUT2D eigenvalue weighted by Gasteiger charge is -2.07. The van der Waals surface area contributed by atoms with Crippen LogP contribution in [-0.2, 0) is 16.1 Å². The van der Waals surface area contributed by atoms with Crippen molar-refractivity contribution in [3.8, 4) is 0 Å². The molecule has 0 saturated carbocycles. The Bertz CT molecular complexity index is 994. The topological polar surface area (TPSA) is 90.3 Å². The number of benzene rings is 1. The van der Waals surface area contributed by atoms with Crippen LogP contribution in [0.2, 0.25) is 0 Å². The first-order valence-corrected chi connectivity index (χ1v) is 9.46. The second-order valence-electron chi connectivity index (χ2n) is 6.12. The number of esters is 1. The van der Waals surface area contributed by atoms with Crippen molar-refractivity contribution in [1.29, 1.82) is 0 Å². The highest BCUT2D eigenvalue weighted by Crippen LogP contribution is 2.16. The average molecular weight is 397 g/mol. The van der Waals surface area contributed by atoms with E-state index >= 15 is 0 Å². The summed E-state index contributed by atoms with van der Waals surface area (Å²) >= 11 is 1.22. The van der Waals surface area contributed by atoms with Crippen LogP contribution in [0.25, 0.3) is 0 Å². The van der Waals surface area contributed by atoms with Gasteiger partial charge in [-0.1, -0.05) is 36.4 Å². The number of aromatic nitrogens is 2. The standard InChI is InChI=1S/C20H19N3O4S/c1-13-18(14(2)23(22-13)11-15-7-4-3-5-8-15)20(26)27-12-17(24)21-19(25)16-9-6-10-28-16/h3-10H,11-12H2,1-2H3,(H,21,24,25). The number of hydrogen-bond donors (Lipinski definition) is 1. The zero-order valence-corrected chi connectivity index (χ0v) is 16.3. The van der Waals surface area contributed by atoms with E-state index in [2.05, 4.69) is 10.4 Å². The minimum absolute atomic E-state index is 0.327. The number of carbonyl (C=O) groups is 3. The highest BCUT2D eigenvalue weighted by molar-refractivity contribution is 7.12. The predicted octanol–water partition coefficient (Wildman–Crippen LogP) is 2.72. The van der Waals surface area contributed by atoms with E-state index in [1.54, 1.807) is 36.0 Å². The summed E-state index contributed by atoms with van der Waals surface area (Å²) in [5.41, 5.74) is 2.56. The van der Waals surface area contributed by atoms with Gasteiger partial charge in [-0.15, -0.1) is 11.3 Å². The van der Waals surface area contributed by atoms with E-state index in [0.29, 0.717) is 28.4 Å². The molecule has 0 saturated heterocycles. The molecule has 2 aromatic heterocycles. The molecule has 144 valence electrons. The molecule has 2 heterocycles. The second-order valence-corrected chi connectivity index (χ2v) is 7.07. The van der Waals surface area contributed by atoms with Crippen molar-refractivity contribution in [2.24, 2.45) is 0 Å². The van der Waals surface area contributed by atoms with Crippen LogP contribution < -0.4 is 5.32 Å². The van der Waals surface area contributed by atoms with Gasteiger partial charge in [0.25, 0.3) is 11.8 Å². The van der Waals surface area contributed by atoms with Gasteiger partial charge >= 0.3 is 5.97 Å². The van der Waals surface area contributed by atoms with E-state index in [9.17, 15) is 14.4 Å². The summed E-state index contributed by atoms with van der Waals surface area (Å²) in [5, 5.41) is 8.32. The maximum absolute atomic E-state index is 12.4. The van der Waals surface area contributed by atoms with Gasteiger partial charge in [0.2, 0.25) is 0 Å². The predicted molar refractivity (Wildman–Crippen MR) is 104 cm³/mol. The van der Waals surface area contributed by atoms with Crippen molar-refractivity contribution in [1.82, 2.24) is 15.1 Å². The molecule has 0 atom stereocenters. The van der Waals surface area contributed by atoms with Crippen LogP contribution >= 0.6 is 11.3 Å². The Labute approximate surface area is 165 Å². The van der Waals surface area contributed by atoms with E-state index in [0.717, 1.165) is 5.56 Å². The van der Waals surface area contributed by atoms with Crippen molar-refractivity contribution >= 4 is 29.1 Å². The molecule has 3 rings (SSSR count). The second kappa shape index (κ2) is 8.62. The molecule has 0 aliphatic rings.